The maximum absolute atomic E-state index is 5.57. The van der Waals surface area contributed by atoms with Gasteiger partial charge in [-0.05, 0) is 32.1 Å². The van der Waals surface area contributed by atoms with Crippen LogP contribution in [-0.2, 0) is 20.9 Å². The molecule has 16 heavy (non-hydrogen) atoms. The van der Waals surface area contributed by atoms with Crippen molar-refractivity contribution in [2.75, 3.05) is 19.0 Å². The minimum atomic E-state index is -2.09. The Balaban J connectivity index is 3.96. The number of unbranched alkanes of at least 4 members (excludes halogenated alkanes) is 1. The highest BCUT2D eigenvalue weighted by Gasteiger charge is 2.20. The zero-order chi connectivity index (χ0) is 12.4. The Bertz CT molecular complexity index is 207. The van der Waals surface area contributed by atoms with Crippen LogP contribution in [0.5, 0.6) is 0 Å². The molecule has 0 aromatic heterocycles. The highest BCUT2D eigenvalue weighted by molar-refractivity contribution is 9.09. The molecule has 0 aliphatic rings. The Morgan fingerprint density at radius 1 is 1.25 bits per heavy atom. The van der Waals surface area contributed by atoms with Crippen molar-refractivity contribution in [1.82, 2.24) is 0 Å². The van der Waals surface area contributed by atoms with Gasteiger partial charge in [-0.2, -0.15) is 0 Å². The second kappa shape index (κ2) is 10.3. The van der Waals surface area contributed by atoms with Gasteiger partial charge >= 0.3 is 0 Å². The highest BCUT2D eigenvalue weighted by Crippen LogP contribution is 2.61. The Kier molecular flexibility index (Phi) is 11.2. The molecule has 0 amide bonds. The van der Waals surface area contributed by atoms with E-state index in [1.54, 1.807) is 11.4 Å². The lowest BCUT2D eigenvalue weighted by atomic mass is 10.2. The van der Waals surface area contributed by atoms with Crippen molar-refractivity contribution in [1.29, 1.82) is 0 Å². The average molecular weight is 349 g/mol. The lowest BCUT2D eigenvalue weighted by Crippen LogP contribution is -2.02. The molecule has 6 heteroatoms. The van der Waals surface area contributed by atoms with Crippen molar-refractivity contribution >= 4 is 44.8 Å². The van der Waals surface area contributed by atoms with Crippen LogP contribution >= 0.6 is 33.0 Å². The Hall–Kier alpha value is 1.40. The molecule has 0 aliphatic carbocycles. The number of hydrogen-bond donors (Lipinski definition) is 0. The fourth-order valence-electron chi connectivity index (χ4n) is 1.11. The summed E-state index contributed by atoms with van der Waals surface area (Å²) in [5, 5.41) is 0. The van der Waals surface area contributed by atoms with Crippen molar-refractivity contribution in [2.45, 2.75) is 44.9 Å². The average Bonchev–Trinajstić information content (AvgIpc) is 2.24. The zero-order valence-corrected chi connectivity index (χ0v) is 14.4. The van der Waals surface area contributed by atoms with Gasteiger partial charge in [-0.25, -0.2) is 0 Å². The second-order valence-electron chi connectivity index (χ2n) is 3.32. The van der Waals surface area contributed by atoms with Crippen LogP contribution in [0.1, 0.15) is 40.0 Å². The largest absolute Gasteiger partial charge is 0.322 e. The van der Waals surface area contributed by atoms with E-state index in [-0.39, 0.29) is 0 Å². The minimum Gasteiger partial charge on any atom is -0.322 e. The second-order valence-corrected chi connectivity index (χ2v) is 11.0. The van der Waals surface area contributed by atoms with E-state index in [4.69, 9.17) is 20.9 Å². The van der Waals surface area contributed by atoms with Crippen LogP contribution in [0.25, 0.3) is 0 Å². The molecule has 0 saturated heterocycles. The van der Waals surface area contributed by atoms with Crippen molar-refractivity contribution < 1.29 is 9.05 Å². The summed E-state index contributed by atoms with van der Waals surface area (Å²) in [5.74, 6) is 0.970. The monoisotopic (exact) mass is 348 g/mol. The zero-order valence-electron chi connectivity index (χ0n) is 10.3. The summed E-state index contributed by atoms with van der Waals surface area (Å²) < 4.78 is 11.1. The van der Waals surface area contributed by atoms with Crippen molar-refractivity contribution in [3.8, 4) is 0 Å². The van der Waals surface area contributed by atoms with Crippen LogP contribution < -0.4 is 0 Å². The van der Waals surface area contributed by atoms with E-state index in [9.17, 15) is 0 Å². The molecular formula is C10H22BrO2PS2. The molecule has 0 fully saturated rings. The predicted molar refractivity (Wildman–Crippen MR) is 82.2 cm³/mol. The number of rotatable bonds is 10. The Morgan fingerprint density at radius 2 is 1.81 bits per heavy atom. The predicted octanol–water partition coefficient (Wildman–Crippen LogP) is 4.97. The summed E-state index contributed by atoms with van der Waals surface area (Å²) in [6, 6.07) is 0. The minimum absolute atomic E-state index is 0.515. The van der Waals surface area contributed by atoms with Gasteiger partial charge in [0.15, 0.2) is 0 Å². The van der Waals surface area contributed by atoms with Crippen LogP contribution in [-0.4, -0.2) is 23.8 Å². The summed E-state index contributed by atoms with van der Waals surface area (Å²) in [6.45, 7) is 7.39. The molecule has 1 unspecified atom stereocenters. The molecule has 0 rings (SSSR count). The highest BCUT2D eigenvalue weighted by atomic mass is 79.9. The van der Waals surface area contributed by atoms with Gasteiger partial charge in [-0.15, -0.1) is 0 Å². The first-order chi connectivity index (χ1) is 7.58. The summed E-state index contributed by atoms with van der Waals surface area (Å²) in [6.07, 6.45) is 3.68. The SMILES string of the molecule is CCCCC(Br)CSP(=S)(OCC)OCC. The first-order valence-corrected chi connectivity index (χ1v) is 10.9. The van der Waals surface area contributed by atoms with Crippen LogP contribution in [0.3, 0.4) is 0 Å². The third-order valence-electron chi connectivity index (χ3n) is 1.86. The third-order valence-corrected chi connectivity index (χ3v) is 8.70. The first-order valence-electron chi connectivity index (χ1n) is 5.75. The quantitative estimate of drug-likeness (QED) is 0.409. The van der Waals surface area contributed by atoms with E-state index in [0.717, 1.165) is 5.75 Å². The summed E-state index contributed by atoms with van der Waals surface area (Å²) >= 11 is 10.8. The summed E-state index contributed by atoms with van der Waals surface area (Å²) in [7, 11) is 0. The molecule has 0 N–H and O–H groups in total. The van der Waals surface area contributed by atoms with E-state index in [1.165, 1.54) is 19.3 Å². The smallest absolute Gasteiger partial charge is 0.247 e. The lowest BCUT2D eigenvalue weighted by Gasteiger charge is -2.21. The number of hydrogen-bond acceptors (Lipinski definition) is 4. The maximum Gasteiger partial charge on any atom is 0.247 e. The van der Waals surface area contributed by atoms with Gasteiger partial charge in [0, 0.05) is 10.6 Å². The van der Waals surface area contributed by atoms with Gasteiger partial charge in [0.1, 0.15) is 0 Å². The van der Waals surface area contributed by atoms with E-state index in [0.29, 0.717) is 18.0 Å². The van der Waals surface area contributed by atoms with Crippen molar-refractivity contribution in [2.24, 2.45) is 0 Å². The molecule has 0 aromatic carbocycles. The van der Waals surface area contributed by atoms with E-state index in [2.05, 4.69) is 22.9 Å². The molecule has 0 spiro atoms. The fraction of sp³-hybridized carbons (Fsp3) is 1.00. The molecular weight excluding hydrogens is 327 g/mol. The van der Waals surface area contributed by atoms with Crippen LogP contribution in [0, 0.1) is 0 Å². The normalized spacial score (nSPS) is 14.0. The van der Waals surface area contributed by atoms with Crippen LogP contribution in [0.4, 0.5) is 0 Å². The molecule has 0 bridgehead atoms. The summed E-state index contributed by atoms with van der Waals surface area (Å²) in [5.41, 5.74) is -2.09. The molecule has 0 heterocycles. The summed E-state index contributed by atoms with van der Waals surface area (Å²) in [4.78, 5) is 0.515. The van der Waals surface area contributed by atoms with Crippen molar-refractivity contribution in [3.63, 3.8) is 0 Å². The van der Waals surface area contributed by atoms with Gasteiger partial charge in [-0.1, -0.05) is 47.1 Å². The topological polar surface area (TPSA) is 18.5 Å². The molecule has 0 aliphatic heterocycles. The van der Waals surface area contributed by atoms with Crippen molar-refractivity contribution in [3.05, 3.63) is 0 Å². The van der Waals surface area contributed by atoms with E-state index >= 15 is 0 Å². The Morgan fingerprint density at radius 3 is 2.25 bits per heavy atom. The van der Waals surface area contributed by atoms with Crippen LogP contribution in [0.2, 0.25) is 0 Å². The van der Waals surface area contributed by atoms with Gasteiger partial charge in [0.25, 0.3) is 0 Å². The molecule has 0 saturated carbocycles. The molecule has 2 nitrogen and oxygen atoms in total. The molecule has 0 radical (unpaired) electrons. The molecule has 98 valence electrons. The first kappa shape index (κ1) is 17.4. The fourth-order valence-corrected chi connectivity index (χ4v) is 7.16. The molecule has 0 aromatic rings. The van der Waals surface area contributed by atoms with Gasteiger partial charge < -0.3 is 9.05 Å². The lowest BCUT2D eigenvalue weighted by molar-refractivity contribution is 0.280. The third kappa shape index (κ3) is 8.48. The maximum atomic E-state index is 5.57. The van der Waals surface area contributed by atoms with Crippen LogP contribution in [0.15, 0.2) is 0 Å². The standard InChI is InChI=1S/C10H22BrO2PS2/c1-4-7-8-10(11)9-16-14(15,12-5-2)13-6-3/h10H,4-9H2,1-3H3. The van der Waals surface area contributed by atoms with Gasteiger partial charge in [0.2, 0.25) is 5.69 Å². The molecule has 1 atom stereocenters. The number of halogens is 1. The van der Waals surface area contributed by atoms with Gasteiger partial charge in [0.05, 0.1) is 13.2 Å². The van der Waals surface area contributed by atoms with E-state index in [1.807, 2.05) is 13.8 Å². The van der Waals surface area contributed by atoms with E-state index < -0.39 is 5.69 Å². The van der Waals surface area contributed by atoms with Gasteiger partial charge in [-0.3, -0.25) is 0 Å². The Labute approximate surface area is 117 Å². The number of alkyl halides is 1.